The number of hydrogen-bond donors (Lipinski definition) is 1. The molecule has 1 aliphatic heterocycles. The summed E-state index contributed by atoms with van der Waals surface area (Å²) in [5.74, 6) is -0.315. The first-order valence-corrected chi connectivity index (χ1v) is 5.38. The number of carbonyl (C=O) groups excluding carboxylic acids is 1. The Balaban J connectivity index is 0.00000162. The molecule has 0 spiro atoms. The van der Waals surface area contributed by atoms with Crippen molar-refractivity contribution in [1.82, 2.24) is 4.90 Å². The third-order valence-corrected chi connectivity index (χ3v) is 2.84. The largest absolute Gasteiger partial charge is 0.337 e. The number of amides is 1. The molecule has 0 unspecified atom stereocenters. The first kappa shape index (κ1) is 14.4. The summed E-state index contributed by atoms with van der Waals surface area (Å²) in [5, 5.41) is 10.8. The molecule has 7 heteroatoms. The van der Waals surface area contributed by atoms with Crippen molar-refractivity contribution in [2.75, 3.05) is 13.1 Å². The summed E-state index contributed by atoms with van der Waals surface area (Å²) in [4.78, 5) is 23.9. The van der Waals surface area contributed by atoms with E-state index >= 15 is 0 Å². The van der Waals surface area contributed by atoms with Crippen LogP contribution >= 0.6 is 12.4 Å². The molecule has 0 aliphatic carbocycles. The van der Waals surface area contributed by atoms with E-state index in [9.17, 15) is 14.9 Å². The van der Waals surface area contributed by atoms with Gasteiger partial charge in [0.15, 0.2) is 0 Å². The zero-order valence-electron chi connectivity index (χ0n) is 9.61. The van der Waals surface area contributed by atoms with Crippen molar-refractivity contribution in [2.45, 2.75) is 12.5 Å². The molecule has 0 saturated carbocycles. The number of halogens is 1. The number of carbonyl (C=O) groups is 1. The first-order chi connectivity index (χ1) is 8.09. The predicted molar refractivity (Wildman–Crippen MR) is 68.8 cm³/mol. The maximum absolute atomic E-state index is 12.1. The molecule has 2 N–H and O–H groups in total. The van der Waals surface area contributed by atoms with Crippen LogP contribution in [0.1, 0.15) is 16.8 Å². The van der Waals surface area contributed by atoms with E-state index in [2.05, 4.69) is 0 Å². The van der Waals surface area contributed by atoms with Crippen molar-refractivity contribution >= 4 is 24.0 Å². The molecule has 0 bridgehead atoms. The van der Waals surface area contributed by atoms with Gasteiger partial charge in [0.1, 0.15) is 5.56 Å². The van der Waals surface area contributed by atoms with Crippen LogP contribution in [0, 0.1) is 10.1 Å². The Hall–Kier alpha value is -1.66. The normalized spacial score (nSPS) is 18.3. The smallest absolute Gasteiger partial charge is 0.282 e. The van der Waals surface area contributed by atoms with E-state index in [-0.39, 0.29) is 35.6 Å². The molecule has 1 heterocycles. The number of para-hydroxylation sites is 1. The second-order valence-corrected chi connectivity index (χ2v) is 4.07. The van der Waals surface area contributed by atoms with Gasteiger partial charge in [-0.15, -0.1) is 12.4 Å². The van der Waals surface area contributed by atoms with Crippen LogP contribution in [0.5, 0.6) is 0 Å². The van der Waals surface area contributed by atoms with Gasteiger partial charge in [0.2, 0.25) is 0 Å². The molecule has 1 aromatic rings. The second kappa shape index (κ2) is 5.79. The van der Waals surface area contributed by atoms with Crippen LogP contribution in [-0.2, 0) is 0 Å². The Morgan fingerprint density at radius 1 is 1.44 bits per heavy atom. The fraction of sp³-hybridized carbons (Fsp3) is 0.364. The van der Waals surface area contributed by atoms with Gasteiger partial charge in [0.25, 0.3) is 11.6 Å². The Morgan fingerprint density at radius 3 is 2.67 bits per heavy atom. The molecule has 0 aromatic heterocycles. The van der Waals surface area contributed by atoms with Crippen LogP contribution in [0.3, 0.4) is 0 Å². The average molecular weight is 272 g/mol. The Labute approximate surface area is 110 Å². The lowest BCUT2D eigenvalue weighted by molar-refractivity contribution is -0.385. The summed E-state index contributed by atoms with van der Waals surface area (Å²) in [7, 11) is 0. The molecule has 6 nitrogen and oxygen atoms in total. The fourth-order valence-corrected chi connectivity index (χ4v) is 1.96. The number of likely N-dealkylation sites (tertiary alicyclic amines) is 1. The van der Waals surface area contributed by atoms with E-state index in [0.29, 0.717) is 13.1 Å². The molecule has 1 atom stereocenters. The average Bonchev–Trinajstić information content (AvgIpc) is 2.75. The highest BCUT2D eigenvalue weighted by atomic mass is 35.5. The van der Waals surface area contributed by atoms with Crippen molar-refractivity contribution in [3.8, 4) is 0 Å². The van der Waals surface area contributed by atoms with Crippen LogP contribution in [0.2, 0.25) is 0 Å². The van der Waals surface area contributed by atoms with Crippen molar-refractivity contribution in [3.63, 3.8) is 0 Å². The SMILES string of the molecule is Cl.N[C@@H]1CCN(C(=O)c2ccccc2[N+](=O)[O-])C1. The monoisotopic (exact) mass is 271 g/mol. The third-order valence-electron chi connectivity index (χ3n) is 2.84. The minimum absolute atomic E-state index is 0. The summed E-state index contributed by atoms with van der Waals surface area (Å²) in [6.07, 6.45) is 0.742. The lowest BCUT2D eigenvalue weighted by Crippen LogP contribution is -2.32. The van der Waals surface area contributed by atoms with E-state index in [1.54, 1.807) is 17.0 Å². The van der Waals surface area contributed by atoms with Crippen LogP contribution in [0.15, 0.2) is 24.3 Å². The number of rotatable bonds is 2. The number of hydrogen-bond acceptors (Lipinski definition) is 4. The quantitative estimate of drug-likeness (QED) is 0.646. The first-order valence-electron chi connectivity index (χ1n) is 5.38. The minimum atomic E-state index is -0.538. The molecule has 2 rings (SSSR count). The topological polar surface area (TPSA) is 89.5 Å². The summed E-state index contributed by atoms with van der Waals surface area (Å²) in [6, 6.07) is 5.95. The van der Waals surface area contributed by atoms with E-state index in [4.69, 9.17) is 5.73 Å². The standard InChI is InChI=1S/C11H13N3O3.ClH/c12-8-5-6-13(7-8)11(15)9-3-1-2-4-10(9)14(16)17;/h1-4,8H,5-7,12H2;1H/t8-;/m1./s1. The molecular formula is C11H14ClN3O3. The molecule has 98 valence electrons. The van der Waals surface area contributed by atoms with E-state index in [1.165, 1.54) is 12.1 Å². The Bertz CT molecular complexity index is 467. The highest BCUT2D eigenvalue weighted by Crippen LogP contribution is 2.21. The number of nitrogens with two attached hydrogens (primary N) is 1. The van der Waals surface area contributed by atoms with Crippen molar-refractivity contribution in [1.29, 1.82) is 0 Å². The molecule has 0 radical (unpaired) electrons. The predicted octanol–water partition coefficient (Wildman–Crippen LogP) is 1.19. The van der Waals surface area contributed by atoms with Crippen molar-refractivity contribution in [3.05, 3.63) is 39.9 Å². The number of benzene rings is 1. The van der Waals surface area contributed by atoms with Crippen LogP contribution in [-0.4, -0.2) is 34.9 Å². The maximum Gasteiger partial charge on any atom is 0.282 e. The van der Waals surface area contributed by atoms with Gasteiger partial charge in [-0.05, 0) is 12.5 Å². The molecule has 1 aliphatic rings. The molecular weight excluding hydrogens is 258 g/mol. The van der Waals surface area contributed by atoms with Crippen LogP contribution < -0.4 is 5.73 Å². The Morgan fingerprint density at radius 2 is 2.11 bits per heavy atom. The third kappa shape index (κ3) is 2.77. The van der Waals surface area contributed by atoms with E-state index in [1.807, 2.05) is 0 Å². The van der Waals surface area contributed by atoms with E-state index in [0.717, 1.165) is 6.42 Å². The second-order valence-electron chi connectivity index (χ2n) is 4.07. The van der Waals surface area contributed by atoms with E-state index < -0.39 is 4.92 Å². The van der Waals surface area contributed by atoms with Crippen molar-refractivity contribution < 1.29 is 9.72 Å². The summed E-state index contributed by atoms with van der Waals surface area (Å²) in [6.45, 7) is 1.02. The minimum Gasteiger partial charge on any atom is -0.337 e. The van der Waals surface area contributed by atoms with Crippen molar-refractivity contribution in [2.24, 2.45) is 5.73 Å². The molecule has 1 aromatic carbocycles. The number of nitro groups is 1. The molecule has 18 heavy (non-hydrogen) atoms. The zero-order valence-corrected chi connectivity index (χ0v) is 10.4. The highest BCUT2D eigenvalue weighted by molar-refractivity contribution is 5.98. The summed E-state index contributed by atoms with van der Waals surface area (Å²) < 4.78 is 0. The van der Waals surface area contributed by atoms with Gasteiger partial charge in [-0.25, -0.2) is 0 Å². The highest BCUT2D eigenvalue weighted by Gasteiger charge is 2.28. The Kier molecular flexibility index (Phi) is 4.63. The molecule has 1 fully saturated rings. The lowest BCUT2D eigenvalue weighted by atomic mass is 10.1. The van der Waals surface area contributed by atoms with Gasteiger partial charge >= 0.3 is 0 Å². The van der Waals surface area contributed by atoms with Gasteiger partial charge in [0.05, 0.1) is 4.92 Å². The molecule has 1 saturated heterocycles. The number of nitrogens with zero attached hydrogens (tertiary/aromatic N) is 2. The maximum atomic E-state index is 12.1. The van der Waals surface area contributed by atoms with Gasteiger partial charge < -0.3 is 10.6 Å². The zero-order chi connectivity index (χ0) is 12.4. The molecule has 1 amide bonds. The van der Waals surface area contributed by atoms with Gasteiger partial charge in [0, 0.05) is 25.2 Å². The van der Waals surface area contributed by atoms with Crippen LogP contribution in [0.25, 0.3) is 0 Å². The lowest BCUT2D eigenvalue weighted by Gasteiger charge is -2.15. The summed E-state index contributed by atoms with van der Waals surface area (Å²) >= 11 is 0. The van der Waals surface area contributed by atoms with Gasteiger partial charge in [-0.3, -0.25) is 14.9 Å². The summed E-state index contributed by atoms with van der Waals surface area (Å²) in [5.41, 5.74) is 5.69. The van der Waals surface area contributed by atoms with Gasteiger partial charge in [-0.2, -0.15) is 0 Å². The van der Waals surface area contributed by atoms with Gasteiger partial charge in [-0.1, -0.05) is 12.1 Å². The number of nitro benzene ring substituents is 1. The fourth-order valence-electron chi connectivity index (χ4n) is 1.96. The van der Waals surface area contributed by atoms with Crippen LogP contribution in [0.4, 0.5) is 5.69 Å².